The first-order valence-electron chi connectivity index (χ1n) is 9.56. The monoisotopic (exact) mass is 416 g/mol. The van der Waals surface area contributed by atoms with E-state index in [1.807, 2.05) is 26.0 Å². The van der Waals surface area contributed by atoms with E-state index < -0.39 is 6.10 Å². The van der Waals surface area contributed by atoms with Crippen molar-refractivity contribution < 1.29 is 9.84 Å². The average Bonchev–Trinajstić information content (AvgIpc) is 3.03. The highest BCUT2D eigenvalue weighted by atomic mass is 32.2. The molecule has 0 fully saturated rings. The summed E-state index contributed by atoms with van der Waals surface area (Å²) in [7, 11) is 0. The first-order chi connectivity index (χ1) is 13.5. The standard InChI is InChI=1S/C21H24N2O3S2/c1-12-7-13(2)9-15(8-12)26-10-14(24)11-27-21-22-19(25)18-16-5-3-4-6-17(16)28-20(18)23-21/h7-9,14,24H,3-6,10-11H2,1-2H3,(H,22,23,25)/t14-/m0/s1. The summed E-state index contributed by atoms with van der Waals surface area (Å²) in [4.78, 5) is 22.2. The van der Waals surface area contributed by atoms with Crippen LogP contribution in [0.3, 0.4) is 0 Å². The summed E-state index contributed by atoms with van der Waals surface area (Å²) < 4.78 is 5.71. The predicted molar refractivity (Wildman–Crippen MR) is 115 cm³/mol. The number of hydrogen-bond acceptors (Lipinski definition) is 6. The number of ether oxygens (including phenoxy) is 1. The van der Waals surface area contributed by atoms with E-state index in [9.17, 15) is 9.90 Å². The van der Waals surface area contributed by atoms with Gasteiger partial charge in [-0.15, -0.1) is 11.3 Å². The van der Waals surface area contributed by atoms with Crippen molar-refractivity contribution in [1.82, 2.24) is 9.97 Å². The number of hydrogen-bond donors (Lipinski definition) is 2. The van der Waals surface area contributed by atoms with Crippen molar-refractivity contribution in [3.63, 3.8) is 0 Å². The van der Waals surface area contributed by atoms with Crippen molar-refractivity contribution >= 4 is 33.3 Å². The maximum atomic E-state index is 12.6. The quantitative estimate of drug-likeness (QED) is 0.469. The number of nitrogens with zero attached hydrogens (tertiary/aromatic N) is 1. The molecule has 148 valence electrons. The summed E-state index contributed by atoms with van der Waals surface area (Å²) in [5.41, 5.74) is 3.39. The van der Waals surface area contributed by atoms with Crippen molar-refractivity contribution in [3.05, 3.63) is 50.1 Å². The van der Waals surface area contributed by atoms with Crippen LogP contribution in [0, 0.1) is 13.8 Å². The van der Waals surface area contributed by atoms with Crippen molar-refractivity contribution in [1.29, 1.82) is 0 Å². The lowest BCUT2D eigenvalue weighted by Gasteiger charge is -2.13. The fraction of sp³-hybridized carbons (Fsp3) is 0.429. The number of nitrogens with one attached hydrogen (secondary N) is 1. The van der Waals surface area contributed by atoms with E-state index in [0.29, 0.717) is 10.9 Å². The van der Waals surface area contributed by atoms with Gasteiger partial charge in [-0.25, -0.2) is 4.98 Å². The van der Waals surface area contributed by atoms with Crippen molar-refractivity contribution in [2.75, 3.05) is 12.4 Å². The number of rotatable bonds is 6. The smallest absolute Gasteiger partial charge is 0.260 e. The molecule has 2 aromatic heterocycles. The van der Waals surface area contributed by atoms with Gasteiger partial charge >= 0.3 is 0 Å². The number of thioether (sulfide) groups is 1. The highest BCUT2D eigenvalue weighted by Gasteiger charge is 2.20. The van der Waals surface area contributed by atoms with Gasteiger partial charge in [-0.2, -0.15) is 0 Å². The molecule has 0 amide bonds. The van der Waals surface area contributed by atoms with Gasteiger partial charge in [0.25, 0.3) is 5.56 Å². The van der Waals surface area contributed by atoms with E-state index in [2.05, 4.69) is 16.0 Å². The van der Waals surface area contributed by atoms with Crippen LogP contribution < -0.4 is 10.3 Å². The second kappa shape index (κ2) is 8.27. The average molecular weight is 417 g/mol. The largest absolute Gasteiger partial charge is 0.491 e. The second-order valence-corrected chi connectivity index (χ2v) is 9.45. The number of aromatic amines is 1. The molecule has 28 heavy (non-hydrogen) atoms. The molecule has 1 aliphatic carbocycles. The molecule has 1 aromatic carbocycles. The SMILES string of the molecule is Cc1cc(C)cc(OC[C@H](O)CSc2nc3sc4c(c3c(=O)[nH]2)CCCC4)c1. The molecule has 0 unspecified atom stereocenters. The highest BCUT2D eigenvalue weighted by molar-refractivity contribution is 7.99. The number of benzene rings is 1. The molecule has 0 bridgehead atoms. The fourth-order valence-electron chi connectivity index (χ4n) is 3.64. The van der Waals surface area contributed by atoms with Gasteiger partial charge in [0.15, 0.2) is 5.16 Å². The predicted octanol–water partition coefficient (Wildman–Crippen LogP) is 4.01. The Labute approximate surface area is 172 Å². The molecule has 7 heteroatoms. The Bertz CT molecular complexity index is 1040. The minimum absolute atomic E-state index is 0.0622. The molecular weight excluding hydrogens is 392 g/mol. The molecule has 2 heterocycles. The van der Waals surface area contributed by atoms with E-state index in [4.69, 9.17) is 4.74 Å². The molecule has 4 rings (SSSR count). The molecule has 3 aromatic rings. The normalized spacial score (nSPS) is 14.8. The van der Waals surface area contributed by atoms with E-state index in [-0.39, 0.29) is 12.2 Å². The molecule has 0 radical (unpaired) electrons. The van der Waals surface area contributed by atoms with Crippen LogP contribution in [0.1, 0.15) is 34.4 Å². The summed E-state index contributed by atoms with van der Waals surface area (Å²) in [6.45, 7) is 4.25. The van der Waals surface area contributed by atoms with Gasteiger partial charge in [0.2, 0.25) is 0 Å². The van der Waals surface area contributed by atoms with Gasteiger partial charge in [0.05, 0.1) is 11.5 Å². The summed E-state index contributed by atoms with van der Waals surface area (Å²) in [6.07, 6.45) is 3.70. The van der Waals surface area contributed by atoms with Crippen LogP contribution in [0.5, 0.6) is 5.75 Å². The maximum Gasteiger partial charge on any atom is 0.260 e. The number of H-pyrrole nitrogens is 1. The molecule has 2 N–H and O–H groups in total. The van der Waals surface area contributed by atoms with Gasteiger partial charge in [-0.1, -0.05) is 17.8 Å². The number of thiophene rings is 1. The minimum atomic E-state index is -0.650. The van der Waals surface area contributed by atoms with Gasteiger partial charge in [0.1, 0.15) is 17.2 Å². The van der Waals surface area contributed by atoms with E-state index >= 15 is 0 Å². The number of aliphatic hydroxyl groups excluding tert-OH is 1. The first-order valence-corrected chi connectivity index (χ1v) is 11.4. The van der Waals surface area contributed by atoms with Crippen molar-refractivity contribution in [3.8, 4) is 5.75 Å². The van der Waals surface area contributed by atoms with Gasteiger partial charge < -0.3 is 14.8 Å². The lowest BCUT2D eigenvalue weighted by atomic mass is 9.97. The third-order valence-electron chi connectivity index (χ3n) is 4.85. The molecular formula is C21H24N2O3S2. The molecule has 0 spiro atoms. The second-order valence-electron chi connectivity index (χ2n) is 7.36. The third kappa shape index (κ3) is 4.26. The summed E-state index contributed by atoms with van der Waals surface area (Å²) >= 11 is 3.00. The summed E-state index contributed by atoms with van der Waals surface area (Å²) in [5, 5.41) is 11.6. The van der Waals surface area contributed by atoms with Crippen LogP contribution in [0.25, 0.3) is 10.2 Å². The van der Waals surface area contributed by atoms with Crippen molar-refractivity contribution in [2.45, 2.75) is 50.8 Å². The first kappa shape index (κ1) is 19.5. The van der Waals surface area contributed by atoms with Crippen LogP contribution in [0.2, 0.25) is 0 Å². The maximum absolute atomic E-state index is 12.6. The number of aryl methyl sites for hydroxylation is 4. The zero-order valence-electron chi connectivity index (χ0n) is 16.1. The minimum Gasteiger partial charge on any atom is -0.491 e. The molecule has 1 aliphatic rings. The van der Waals surface area contributed by atoms with Gasteiger partial charge in [-0.3, -0.25) is 4.79 Å². The highest BCUT2D eigenvalue weighted by Crippen LogP contribution is 2.34. The van der Waals surface area contributed by atoms with Crippen LogP contribution in [0.4, 0.5) is 0 Å². The zero-order chi connectivity index (χ0) is 19.7. The van der Waals surface area contributed by atoms with Crippen LogP contribution in [0.15, 0.2) is 28.2 Å². The Morgan fingerprint density at radius 2 is 2.00 bits per heavy atom. The Morgan fingerprint density at radius 1 is 1.25 bits per heavy atom. The number of fused-ring (bicyclic) bond motifs is 3. The van der Waals surface area contributed by atoms with E-state index in [0.717, 1.165) is 46.4 Å². The molecule has 0 saturated carbocycles. The molecule has 1 atom stereocenters. The Morgan fingerprint density at radius 3 is 2.79 bits per heavy atom. The van der Waals surface area contributed by atoms with Crippen molar-refractivity contribution in [2.24, 2.45) is 0 Å². The summed E-state index contributed by atoms with van der Waals surface area (Å²) in [5.74, 6) is 1.17. The van der Waals surface area contributed by atoms with Gasteiger partial charge in [-0.05, 0) is 68.4 Å². The summed E-state index contributed by atoms with van der Waals surface area (Å²) in [6, 6.07) is 6.00. The number of aromatic nitrogens is 2. The molecule has 0 aliphatic heterocycles. The Hall–Kier alpha value is -1.83. The lowest BCUT2D eigenvalue weighted by Crippen LogP contribution is -2.20. The zero-order valence-corrected chi connectivity index (χ0v) is 17.7. The molecule has 5 nitrogen and oxygen atoms in total. The molecule has 0 saturated heterocycles. The third-order valence-corrected chi connectivity index (χ3v) is 7.06. The Kier molecular flexibility index (Phi) is 5.75. The van der Waals surface area contributed by atoms with Crippen LogP contribution in [-0.4, -0.2) is 33.5 Å². The van der Waals surface area contributed by atoms with Gasteiger partial charge in [0, 0.05) is 10.6 Å². The number of aliphatic hydroxyl groups is 1. The van der Waals surface area contributed by atoms with Crippen LogP contribution >= 0.6 is 23.1 Å². The van der Waals surface area contributed by atoms with Crippen LogP contribution in [-0.2, 0) is 12.8 Å². The fourth-order valence-corrected chi connectivity index (χ4v) is 5.73. The topological polar surface area (TPSA) is 75.2 Å². The Balaban J connectivity index is 1.40. The lowest BCUT2D eigenvalue weighted by molar-refractivity contribution is 0.126. The van der Waals surface area contributed by atoms with E-state index in [1.165, 1.54) is 28.6 Å². The van der Waals surface area contributed by atoms with E-state index in [1.54, 1.807) is 11.3 Å².